The summed E-state index contributed by atoms with van der Waals surface area (Å²) in [6, 6.07) is 5.90. The van der Waals surface area contributed by atoms with Crippen LogP contribution in [0.4, 0.5) is 0 Å². The molecule has 4 atom stereocenters. The first-order valence-corrected chi connectivity index (χ1v) is 9.00. The first kappa shape index (κ1) is 14.5. The van der Waals surface area contributed by atoms with Crippen LogP contribution >= 0.6 is 15.9 Å². The Kier molecular flexibility index (Phi) is 3.26. The molecule has 0 radical (unpaired) electrons. The van der Waals surface area contributed by atoms with Crippen LogP contribution in [-0.2, 0) is 11.2 Å². The summed E-state index contributed by atoms with van der Waals surface area (Å²) in [7, 11) is 0. The predicted octanol–water partition coefficient (Wildman–Crippen LogP) is 4.71. The van der Waals surface area contributed by atoms with Crippen LogP contribution in [0.25, 0.3) is 0 Å². The van der Waals surface area contributed by atoms with E-state index in [4.69, 9.17) is 0 Å². The summed E-state index contributed by atoms with van der Waals surface area (Å²) in [6.45, 7) is 2.33. The van der Waals surface area contributed by atoms with Gasteiger partial charge in [-0.3, -0.25) is 4.79 Å². The molecule has 0 heterocycles. The molecule has 0 saturated heterocycles. The van der Waals surface area contributed by atoms with E-state index in [9.17, 15) is 9.90 Å². The molecule has 1 aromatic carbocycles. The van der Waals surface area contributed by atoms with Gasteiger partial charge in [0.25, 0.3) is 0 Å². The van der Waals surface area contributed by atoms with Crippen molar-refractivity contribution in [1.82, 2.24) is 0 Å². The third kappa shape index (κ3) is 1.87. The van der Waals surface area contributed by atoms with Gasteiger partial charge in [-0.05, 0) is 73.1 Å². The van der Waals surface area contributed by atoms with Gasteiger partial charge in [-0.15, -0.1) is 0 Å². The van der Waals surface area contributed by atoms with Crippen LogP contribution in [0.2, 0.25) is 0 Å². The molecule has 1 N–H and O–H groups in total. The molecule has 2 nitrogen and oxygen atoms in total. The van der Waals surface area contributed by atoms with Crippen LogP contribution in [-0.4, -0.2) is 11.4 Å². The van der Waals surface area contributed by atoms with E-state index in [0.29, 0.717) is 23.5 Å². The van der Waals surface area contributed by atoms with Crippen molar-refractivity contribution in [3.63, 3.8) is 0 Å². The fourth-order valence-electron chi connectivity index (χ4n) is 5.33. The zero-order valence-corrected chi connectivity index (χ0v) is 14.4. The van der Waals surface area contributed by atoms with Crippen molar-refractivity contribution < 1.29 is 9.90 Å². The number of hydrogen-bond acceptors (Lipinski definition) is 2. The quantitative estimate of drug-likeness (QED) is 0.736. The molecule has 1 aromatic rings. The summed E-state index contributed by atoms with van der Waals surface area (Å²) in [5.74, 6) is 2.20. The lowest BCUT2D eigenvalue weighted by molar-refractivity contribution is -0.105. The Morgan fingerprint density at radius 2 is 2.18 bits per heavy atom. The van der Waals surface area contributed by atoms with E-state index in [0.717, 1.165) is 35.6 Å². The highest BCUT2D eigenvalue weighted by Gasteiger charge is 2.53. The first-order valence-electron chi connectivity index (χ1n) is 8.20. The number of aldehydes is 1. The van der Waals surface area contributed by atoms with Crippen molar-refractivity contribution in [3.05, 3.63) is 39.4 Å². The van der Waals surface area contributed by atoms with Gasteiger partial charge in [0.15, 0.2) is 0 Å². The van der Waals surface area contributed by atoms with Gasteiger partial charge >= 0.3 is 0 Å². The Labute approximate surface area is 139 Å². The summed E-state index contributed by atoms with van der Waals surface area (Å²) in [6.07, 6.45) is 6.51. The van der Waals surface area contributed by atoms with E-state index < -0.39 is 0 Å². The zero-order valence-electron chi connectivity index (χ0n) is 12.8. The number of aromatic hydroxyl groups is 1. The third-order valence-electron chi connectivity index (χ3n) is 6.47. The number of benzene rings is 1. The first-order chi connectivity index (χ1) is 10.5. The number of fused-ring (bicyclic) bond motifs is 5. The molecule has 3 heteroatoms. The molecule has 1 fully saturated rings. The standard InChI is InChI=1S/C19H21BrO2/c1-19-7-6-15-14-5-3-13(22)8-11(14)2-4-16(15)17(19)9-12(10-21)18(19)20/h3,5,8,10,15-17,22H,2,4,6-7,9H2,1H3/t15-,16-,17+,19+/m1/s1. The second-order valence-corrected chi connectivity index (χ2v) is 8.21. The molecule has 116 valence electrons. The Bertz CT molecular complexity index is 678. The topological polar surface area (TPSA) is 37.3 Å². The molecule has 0 amide bonds. The normalized spacial score (nSPS) is 36.5. The molecule has 0 aliphatic heterocycles. The highest BCUT2D eigenvalue weighted by molar-refractivity contribution is 9.11. The smallest absolute Gasteiger partial charge is 0.146 e. The van der Waals surface area contributed by atoms with Crippen molar-refractivity contribution >= 4 is 22.2 Å². The molecule has 22 heavy (non-hydrogen) atoms. The van der Waals surface area contributed by atoms with Crippen LogP contribution in [0, 0.1) is 17.3 Å². The summed E-state index contributed by atoms with van der Waals surface area (Å²) in [5, 5.41) is 9.73. The molecule has 0 bridgehead atoms. The van der Waals surface area contributed by atoms with Gasteiger partial charge in [-0.2, -0.15) is 0 Å². The van der Waals surface area contributed by atoms with Gasteiger partial charge in [0, 0.05) is 15.5 Å². The van der Waals surface area contributed by atoms with Gasteiger partial charge < -0.3 is 5.11 Å². The predicted molar refractivity (Wildman–Crippen MR) is 90.1 cm³/mol. The molecule has 0 aromatic heterocycles. The highest BCUT2D eigenvalue weighted by Crippen LogP contribution is 2.63. The molecule has 0 unspecified atom stereocenters. The van der Waals surface area contributed by atoms with Crippen LogP contribution in [0.15, 0.2) is 28.3 Å². The number of carbonyl (C=O) groups excluding carboxylic acids is 1. The second kappa shape index (κ2) is 4.95. The largest absolute Gasteiger partial charge is 0.508 e. The number of allylic oxidation sites excluding steroid dienone is 2. The maximum Gasteiger partial charge on any atom is 0.146 e. The fraction of sp³-hybridized carbons (Fsp3) is 0.526. The number of carbonyl (C=O) groups is 1. The molecule has 4 rings (SSSR count). The third-order valence-corrected chi connectivity index (χ3v) is 7.88. The number of halogens is 1. The highest BCUT2D eigenvalue weighted by atomic mass is 79.9. The lowest BCUT2D eigenvalue weighted by Gasteiger charge is -2.49. The molecule has 3 aliphatic rings. The van der Waals surface area contributed by atoms with Crippen molar-refractivity contribution in [1.29, 1.82) is 0 Å². The Balaban J connectivity index is 1.72. The molecular weight excluding hydrogens is 340 g/mol. The Morgan fingerprint density at radius 3 is 2.95 bits per heavy atom. The van der Waals surface area contributed by atoms with E-state index in [1.165, 1.54) is 24.0 Å². The average molecular weight is 361 g/mol. The molecule has 0 spiro atoms. The second-order valence-electron chi connectivity index (χ2n) is 7.42. The van der Waals surface area contributed by atoms with Gasteiger partial charge in [-0.1, -0.05) is 28.9 Å². The molecule has 1 saturated carbocycles. The van der Waals surface area contributed by atoms with Crippen molar-refractivity contribution in [3.8, 4) is 5.75 Å². The van der Waals surface area contributed by atoms with Crippen molar-refractivity contribution in [2.45, 2.75) is 44.9 Å². The fourth-order valence-corrected chi connectivity index (χ4v) is 6.08. The SMILES string of the molecule is C[C@]12CC[C@@H]3c4ccc(O)cc4CC[C@H]3[C@@H]1CC(C=O)=C2Br. The van der Waals surface area contributed by atoms with Crippen LogP contribution in [0.1, 0.15) is 49.7 Å². The summed E-state index contributed by atoms with van der Waals surface area (Å²) >= 11 is 3.74. The number of hydrogen-bond donors (Lipinski definition) is 1. The zero-order chi connectivity index (χ0) is 15.5. The molecule has 3 aliphatic carbocycles. The van der Waals surface area contributed by atoms with Crippen LogP contribution < -0.4 is 0 Å². The van der Waals surface area contributed by atoms with Crippen LogP contribution in [0.3, 0.4) is 0 Å². The number of aryl methyl sites for hydroxylation is 1. The van der Waals surface area contributed by atoms with E-state index in [2.05, 4.69) is 28.9 Å². The van der Waals surface area contributed by atoms with Crippen LogP contribution in [0.5, 0.6) is 5.75 Å². The maximum absolute atomic E-state index is 11.4. The minimum atomic E-state index is 0.145. The van der Waals surface area contributed by atoms with Gasteiger partial charge in [-0.25, -0.2) is 0 Å². The van der Waals surface area contributed by atoms with Crippen molar-refractivity contribution in [2.24, 2.45) is 17.3 Å². The van der Waals surface area contributed by atoms with Crippen molar-refractivity contribution in [2.75, 3.05) is 0 Å². The summed E-state index contributed by atoms with van der Waals surface area (Å²) in [4.78, 5) is 11.4. The Morgan fingerprint density at radius 1 is 1.36 bits per heavy atom. The summed E-state index contributed by atoms with van der Waals surface area (Å²) in [5.41, 5.74) is 3.88. The van der Waals surface area contributed by atoms with E-state index in [1.807, 2.05) is 12.1 Å². The maximum atomic E-state index is 11.4. The lowest BCUT2D eigenvalue weighted by atomic mass is 9.56. The minimum absolute atomic E-state index is 0.145. The number of phenolic OH excluding ortho intramolecular Hbond substituents is 1. The summed E-state index contributed by atoms with van der Waals surface area (Å²) < 4.78 is 1.16. The number of phenols is 1. The monoisotopic (exact) mass is 360 g/mol. The average Bonchev–Trinajstić information content (AvgIpc) is 2.78. The van der Waals surface area contributed by atoms with E-state index in [-0.39, 0.29) is 5.41 Å². The number of rotatable bonds is 1. The van der Waals surface area contributed by atoms with Gasteiger partial charge in [0.1, 0.15) is 12.0 Å². The lowest BCUT2D eigenvalue weighted by Crippen LogP contribution is -2.40. The van der Waals surface area contributed by atoms with Gasteiger partial charge in [0.05, 0.1) is 0 Å². The van der Waals surface area contributed by atoms with E-state index in [1.54, 1.807) is 0 Å². The molecular formula is C19H21BrO2. The van der Waals surface area contributed by atoms with E-state index >= 15 is 0 Å². The minimum Gasteiger partial charge on any atom is -0.508 e. The van der Waals surface area contributed by atoms with Gasteiger partial charge in [0.2, 0.25) is 0 Å². The Hall–Kier alpha value is -1.09.